The summed E-state index contributed by atoms with van der Waals surface area (Å²) in [5.74, 6) is 0. The van der Waals surface area contributed by atoms with Gasteiger partial charge in [0.05, 0.1) is 5.52 Å². The Bertz CT molecular complexity index is 569. The predicted octanol–water partition coefficient (Wildman–Crippen LogP) is 3.71. The van der Waals surface area contributed by atoms with Crippen molar-refractivity contribution < 1.29 is 5.11 Å². The molecule has 0 unspecified atom stereocenters. The van der Waals surface area contributed by atoms with Crippen molar-refractivity contribution in [3.05, 3.63) is 35.5 Å². The van der Waals surface area contributed by atoms with E-state index in [1.165, 1.54) is 0 Å². The lowest BCUT2D eigenvalue weighted by Crippen LogP contribution is -2.24. The van der Waals surface area contributed by atoms with E-state index in [-0.39, 0.29) is 12.0 Å². The molecule has 0 spiro atoms. The maximum Gasteiger partial charge on any atom is 0.0723 e. The monoisotopic (exact) mass is 278 g/mol. The molecule has 4 heteroatoms. The largest absolute Gasteiger partial charge is 0.396 e. The molecule has 0 aliphatic heterocycles. The molecular weight excluding hydrogens is 260 g/mol. The Labute approximate surface area is 118 Å². The standard InChI is InChI=1S/C15H19ClN2O/c1-15(2,6-8-19)10-18-14-5-7-17-13-4-3-11(16)9-12(13)14/h3-5,7,9,19H,6,8,10H2,1-2H3,(H,17,18). The number of aliphatic hydroxyl groups excluding tert-OH is 1. The van der Waals surface area contributed by atoms with Gasteiger partial charge in [-0.2, -0.15) is 0 Å². The molecule has 0 saturated carbocycles. The maximum absolute atomic E-state index is 9.05. The lowest BCUT2D eigenvalue weighted by Gasteiger charge is -2.25. The third kappa shape index (κ3) is 3.58. The molecule has 0 bridgehead atoms. The molecule has 2 rings (SSSR count). The van der Waals surface area contributed by atoms with Crippen LogP contribution in [0.2, 0.25) is 5.02 Å². The van der Waals surface area contributed by atoms with Gasteiger partial charge < -0.3 is 10.4 Å². The highest BCUT2D eigenvalue weighted by molar-refractivity contribution is 6.31. The van der Waals surface area contributed by atoms with Gasteiger partial charge in [-0.05, 0) is 36.1 Å². The van der Waals surface area contributed by atoms with Gasteiger partial charge in [-0.25, -0.2) is 0 Å². The van der Waals surface area contributed by atoms with Gasteiger partial charge in [0, 0.05) is 35.4 Å². The van der Waals surface area contributed by atoms with E-state index < -0.39 is 0 Å². The molecule has 0 aliphatic carbocycles. The predicted molar refractivity (Wildman–Crippen MR) is 80.7 cm³/mol. The number of fused-ring (bicyclic) bond motifs is 1. The number of halogens is 1. The number of rotatable bonds is 5. The van der Waals surface area contributed by atoms with Crippen LogP contribution in [0.25, 0.3) is 10.9 Å². The highest BCUT2D eigenvalue weighted by Gasteiger charge is 2.17. The van der Waals surface area contributed by atoms with Gasteiger partial charge in [0.15, 0.2) is 0 Å². The molecule has 2 aromatic rings. The van der Waals surface area contributed by atoms with E-state index in [2.05, 4.69) is 24.1 Å². The smallest absolute Gasteiger partial charge is 0.0723 e. The number of pyridine rings is 1. The first-order valence-electron chi connectivity index (χ1n) is 6.41. The first-order chi connectivity index (χ1) is 9.02. The molecule has 1 aromatic heterocycles. The Morgan fingerprint density at radius 2 is 2.11 bits per heavy atom. The van der Waals surface area contributed by atoms with Crippen LogP contribution in [-0.2, 0) is 0 Å². The van der Waals surface area contributed by atoms with Crippen LogP contribution in [0.15, 0.2) is 30.5 Å². The highest BCUT2D eigenvalue weighted by Crippen LogP contribution is 2.27. The minimum atomic E-state index is 0.0446. The Balaban J connectivity index is 2.23. The molecular formula is C15H19ClN2O. The van der Waals surface area contributed by atoms with E-state index in [1.54, 1.807) is 6.20 Å². The number of aliphatic hydroxyl groups is 1. The van der Waals surface area contributed by atoms with E-state index in [0.717, 1.165) is 29.6 Å². The Hall–Kier alpha value is -1.32. The summed E-state index contributed by atoms with van der Waals surface area (Å²) >= 11 is 6.04. The quantitative estimate of drug-likeness (QED) is 0.876. The lowest BCUT2D eigenvalue weighted by molar-refractivity contribution is 0.220. The summed E-state index contributed by atoms with van der Waals surface area (Å²) < 4.78 is 0. The van der Waals surface area contributed by atoms with Crippen LogP contribution in [0.1, 0.15) is 20.3 Å². The van der Waals surface area contributed by atoms with Crippen LogP contribution in [0.3, 0.4) is 0 Å². The molecule has 1 aromatic carbocycles. The van der Waals surface area contributed by atoms with E-state index >= 15 is 0 Å². The number of aromatic nitrogens is 1. The van der Waals surface area contributed by atoms with E-state index in [1.807, 2.05) is 24.3 Å². The normalized spacial score (nSPS) is 11.8. The number of benzene rings is 1. The number of nitrogens with one attached hydrogen (secondary N) is 1. The number of hydrogen-bond donors (Lipinski definition) is 2. The molecule has 3 nitrogen and oxygen atoms in total. The molecule has 2 N–H and O–H groups in total. The molecule has 0 aliphatic rings. The summed E-state index contributed by atoms with van der Waals surface area (Å²) in [6.07, 6.45) is 2.56. The lowest BCUT2D eigenvalue weighted by atomic mass is 9.89. The minimum Gasteiger partial charge on any atom is -0.396 e. The van der Waals surface area contributed by atoms with E-state index in [4.69, 9.17) is 16.7 Å². The van der Waals surface area contributed by atoms with Crippen molar-refractivity contribution in [2.45, 2.75) is 20.3 Å². The van der Waals surface area contributed by atoms with Gasteiger partial charge >= 0.3 is 0 Å². The van der Waals surface area contributed by atoms with Crippen molar-refractivity contribution >= 4 is 28.2 Å². The minimum absolute atomic E-state index is 0.0446. The van der Waals surface area contributed by atoms with Crippen LogP contribution < -0.4 is 5.32 Å². The second-order valence-electron chi connectivity index (χ2n) is 5.51. The van der Waals surface area contributed by atoms with Crippen molar-refractivity contribution in [1.82, 2.24) is 4.98 Å². The zero-order chi connectivity index (χ0) is 13.9. The second kappa shape index (κ2) is 5.76. The van der Waals surface area contributed by atoms with Gasteiger partial charge in [-0.3, -0.25) is 4.98 Å². The molecule has 0 atom stereocenters. The second-order valence-corrected chi connectivity index (χ2v) is 5.95. The summed E-state index contributed by atoms with van der Waals surface area (Å²) in [6, 6.07) is 7.64. The SMILES string of the molecule is CC(C)(CCO)CNc1ccnc2ccc(Cl)cc12. The molecule has 19 heavy (non-hydrogen) atoms. The average molecular weight is 279 g/mol. The fraction of sp³-hybridized carbons (Fsp3) is 0.400. The van der Waals surface area contributed by atoms with Crippen LogP contribution >= 0.6 is 11.6 Å². The number of hydrogen-bond acceptors (Lipinski definition) is 3. The van der Waals surface area contributed by atoms with Crippen molar-refractivity contribution in [1.29, 1.82) is 0 Å². The molecule has 0 saturated heterocycles. The maximum atomic E-state index is 9.05. The number of anilines is 1. The fourth-order valence-electron chi connectivity index (χ4n) is 2.00. The summed E-state index contributed by atoms with van der Waals surface area (Å²) in [5.41, 5.74) is 2.00. The Morgan fingerprint density at radius 3 is 2.84 bits per heavy atom. The zero-order valence-corrected chi connectivity index (χ0v) is 12.0. The van der Waals surface area contributed by atoms with E-state index in [9.17, 15) is 0 Å². The van der Waals surface area contributed by atoms with Gasteiger partial charge in [-0.1, -0.05) is 25.4 Å². The van der Waals surface area contributed by atoms with Gasteiger partial charge in [0.1, 0.15) is 0 Å². The van der Waals surface area contributed by atoms with Crippen LogP contribution in [0.4, 0.5) is 5.69 Å². The Kier molecular flexibility index (Phi) is 4.27. The van der Waals surface area contributed by atoms with Crippen molar-refractivity contribution in [3.8, 4) is 0 Å². The molecule has 0 amide bonds. The van der Waals surface area contributed by atoms with E-state index in [0.29, 0.717) is 5.02 Å². The third-order valence-corrected chi connectivity index (χ3v) is 3.48. The zero-order valence-electron chi connectivity index (χ0n) is 11.3. The van der Waals surface area contributed by atoms with Crippen molar-refractivity contribution in [3.63, 3.8) is 0 Å². The summed E-state index contributed by atoms with van der Waals surface area (Å²) in [6.45, 7) is 5.26. The third-order valence-electron chi connectivity index (χ3n) is 3.25. The molecule has 102 valence electrons. The molecule has 1 heterocycles. The van der Waals surface area contributed by atoms with Gasteiger partial charge in [0.2, 0.25) is 0 Å². The van der Waals surface area contributed by atoms with Crippen LogP contribution in [0, 0.1) is 5.41 Å². The summed E-state index contributed by atoms with van der Waals surface area (Å²) in [4.78, 5) is 4.33. The van der Waals surface area contributed by atoms with Crippen molar-refractivity contribution in [2.75, 3.05) is 18.5 Å². The first-order valence-corrected chi connectivity index (χ1v) is 6.79. The number of nitrogens with zero attached hydrogens (tertiary/aromatic N) is 1. The van der Waals surface area contributed by atoms with Crippen molar-refractivity contribution in [2.24, 2.45) is 5.41 Å². The van der Waals surface area contributed by atoms with Crippen LogP contribution in [0.5, 0.6) is 0 Å². The molecule has 0 fully saturated rings. The molecule has 0 radical (unpaired) electrons. The highest BCUT2D eigenvalue weighted by atomic mass is 35.5. The average Bonchev–Trinajstić information content (AvgIpc) is 2.36. The fourth-order valence-corrected chi connectivity index (χ4v) is 2.17. The topological polar surface area (TPSA) is 45.1 Å². The summed E-state index contributed by atoms with van der Waals surface area (Å²) in [7, 11) is 0. The Morgan fingerprint density at radius 1 is 1.32 bits per heavy atom. The van der Waals surface area contributed by atoms with Gasteiger partial charge in [0.25, 0.3) is 0 Å². The first kappa shape index (κ1) is 14.1. The van der Waals surface area contributed by atoms with Gasteiger partial charge in [-0.15, -0.1) is 0 Å². The van der Waals surface area contributed by atoms with Crippen LogP contribution in [-0.4, -0.2) is 23.2 Å². The summed E-state index contributed by atoms with van der Waals surface area (Å²) in [5, 5.41) is 14.2.